The van der Waals surface area contributed by atoms with Crippen molar-refractivity contribution in [3.05, 3.63) is 35.9 Å². The van der Waals surface area contributed by atoms with E-state index < -0.39 is 0 Å². The van der Waals surface area contributed by atoms with Gasteiger partial charge in [-0.25, -0.2) is 0 Å². The first-order valence-corrected chi connectivity index (χ1v) is 5.96. The normalized spacial score (nSPS) is 25.5. The Morgan fingerprint density at radius 2 is 1.88 bits per heavy atom. The summed E-state index contributed by atoms with van der Waals surface area (Å²) in [6.07, 6.45) is 3.68. The van der Waals surface area contributed by atoms with Crippen LogP contribution in [0.15, 0.2) is 35.5 Å². The summed E-state index contributed by atoms with van der Waals surface area (Å²) in [6, 6.07) is 10.3. The van der Waals surface area contributed by atoms with Gasteiger partial charge in [-0.05, 0) is 18.4 Å². The van der Waals surface area contributed by atoms with Crippen molar-refractivity contribution in [1.82, 2.24) is 4.90 Å². The summed E-state index contributed by atoms with van der Waals surface area (Å²) in [7, 11) is 0. The first kappa shape index (κ1) is 9.85. The van der Waals surface area contributed by atoms with Crippen LogP contribution in [0, 0.1) is 0 Å². The van der Waals surface area contributed by atoms with Crippen molar-refractivity contribution in [2.45, 2.75) is 25.5 Å². The molecule has 2 heterocycles. The van der Waals surface area contributed by atoms with E-state index in [1.54, 1.807) is 0 Å². The lowest BCUT2D eigenvalue weighted by atomic mass is 10.1. The maximum absolute atomic E-state index is 5.52. The standard InChI is InChI=1S/C13H16N2O/c1-2-6-11(7-3-1)12-10-13(16-14-12)15-8-4-5-9-15/h1-3,6-7,13H,4-5,8-10H2/t13-/m0/s1. The van der Waals surface area contributed by atoms with Crippen LogP contribution in [0.4, 0.5) is 0 Å². The van der Waals surface area contributed by atoms with Gasteiger partial charge in [0.2, 0.25) is 0 Å². The third-order valence-corrected chi connectivity index (χ3v) is 3.31. The number of hydrogen-bond acceptors (Lipinski definition) is 3. The van der Waals surface area contributed by atoms with Crippen LogP contribution in [0.5, 0.6) is 0 Å². The van der Waals surface area contributed by atoms with Gasteiger partial charge >= 0.3 is 0 Å². The Kier molecular flexibility index (Phi) is 2.62. The van der Waals surface area contributed by atoms with Gasteiger partial charge in [0.15, 0.2) is 6.23 Å². The van der Waals surface area contributed by atoms with E-state index in [0.29, 0.717) is 0 Å². The molecule has 0 spiro atoms. The molecular formula is C13H16N2O. The van der Waals surface area contributed by atoms with Gasteiger partial charge in [0.25, 0.3) is 0 Å². The molecule has 0 radical (unpaired) electrons. The molecule has 84 valence electrons. The SMILES string of the molecule is c1ccc(C2=NO[C@H](N3CCCC3)C2)cc1. The number of likely N-dealkylation sites (tertiary alicyclic amines) is 1. The van der Waals surface area contributed by atoms with E-state index in [-0.39, 0.29) is 6.23 Å². The van der Waals surface area contributed by atoms with Gasteiger partial charge in [0.05, 0.1) is 5.71 Å². The minimum Gasteiger partial charge on any atom is -0.376 e. The molecule has 1 aromatic rings. The molecule has 0 amide bonds. The first-order valence-electron chi connectivity index (χ1n) is 5.96. The van der Waals surface area contributed by atoms with E-state index in [0.717, 1.165) is 25.2 Å². The van der Waals surface area contributed by atoms with Gasteiger partial charge < -0.3 is 4.84 Å². The number of benzene rings is 1. The van der Waals surface area contributed by atoms with Crippen LogP contribution in [-0.4, -0.2) is 29.9 Å². The number of nitrogens with zero attached hydrogens (tertiary/aromatic N) is 2. The van der Waals surface area contributed by atoms with Crippen molar-refractivity contribution in [3.63, 3.8) is 0 Å². The maximum atomic E-state index is 5.52. The monoisotopic (exact) mass is 216 g/mol. The molecular weight excluding hydrogens is 200 g/mol. The fourth-order valence-electron chi connectivity index (χ4n) is 2.39. The molecule has 1 saturated heterocycles. The Balaban J connectivity index is 1.68. The third-order valence-electron chi connectivity index (χ3n) is 3.31. The molecule has 1 fully saturated rings. The van der Waals surface area contributed by atoms with Crippen LogP contribution in [0.2, 0.25) is 0 Å². The van der Waals surface area contributed by atoms with Gasteiger partial charge in [-0.1, -0.05) is 35.5 Å². The zero-order chi connectivity index (χ0) is 10.8. The molecule has 0 bridgehead atoms. The second kappa shape index (κ2) is 4.26. The molecule has 1 atom stereocenters. The Morgan fingerprint density at radius 3 is 2.62 bits per heavy atom. The van der Waals surface area contributed by atoms with Gasteiger partial charge in [-0.2, -0.15) is 0 Å². The topological polar surface area (TPSA) is 24.8 Å². The minimum atomic E-state index is 0.178. The van der Waals surface area contributed by atoms with Crippen molar-refractivity contribution < 1.29 is 4.84 Å². The van der Waals surface area contributed by atoms with Crippen molar-refractivity contribution in [3.8, 4) is 0 Å². The fourth-order valence-corrected chi connectivity index (χ4v) is 2.39. The van der Waals surface area contributed by atoms with Gasteiger partial charge in [-0.3, -0.25) is 4.90 Å². The summed E-state index contributed by atoms with van der Waals surface area (Å²) >= 11 is 0. The molecule has 2 aliphatic rings. The zero-order valence-corrected chi connectivity index (χ0v) is 9.30. The summed E-state index contributed by atoms with van der Waals surface area (Å²) in [5.41, 5.74) is 2.27. The van der Waals surface area contributed by atoms with Crippen LogP contribution >= 0.6 is 0 Å². The minimum absolute atomic E-state index is 0.178. The first-order chi connectivity index (χ1) is 7.93. The largest absolute Gasteiger partial charge is 0.376 e. The Bertz CT molecular complexity index is 382. The predicted octanol–water partition coefficient (Wildman–Crippen LogP) is 2.23. The van der Waals surface area contributed by atoms with Crippen LogP contribution in [0.1, 0.15) is 24.8 Å². The van der Waals surface area contributed by atoms with Gasteiger partial charge in [0.1, 0.15) is 0 Å². The number of hydrogen-bond donors (Lipinski definition) is 0. The quantitative estimate of drug-likeness (QED) is 0.757. The molecule has 3 heteroatoms. The number of oxime groups is 1. The molecule has 16 heavy (non-hydrogen) atoms. The van der Waals surface area contributed by atoms with Crippen molar-refractivity contribution in [2.24, 2.45) is 5.16 Å². The summed E-state index contributed by atoms with van der Waals surface area (Å²) in [6.45, 7) is 2.31. The highest BCUT2D eigenvalue weighted by Gasteiger charge is 2.29. The maximum Gasteiger partial charge on any atom is 0.186 e. The van der Waals surface area contributed by atoms with Crippen molar-refractivity contribution in [2.75, 3.05) is 13.1 Å². The molecule has 1 aromatic carbocycles. The van der Waals surface area contributed by atoms with Crippen LogP contribution in [-0.2, 0) is 4.84 Å². The predicted molar refractivity (Wildman–Crippen MR) is 63.3 cm³/mol. The van der Waals surface area contributed by atoms with E-state index in [4.69, 9.17) is 4.84 Å². The smallest absolute Gasteiger partial charge is 0.186 e. The van der Waals surface area contributed by atoms with Gasteiger partial charge in [0, 0.05) is 19.5 Å². The highest BCUT2D eigenvalue weighted by Crippen LogP contribution is 2.22. The van der Waals surface area contributed by atoms with Crippen molar-refractivity contribution >= 4 is 5.71 Å². The summed E-state index contributed by atoms with van der Waals surface area (Å²) in [5.74, 6) is 0. The fraction of sp³-hybridized carbons (Fsp3) is 0.462. The molecule has 0 saturated carbocycles. The zero-order valence-electron chi connectivity index (χ0n) is 9.30. The third kappa shape index (κ3) is 1.83. The van der Waals surface area contributed by atoms with E-state index in [2.05, 4.69) is 22.2 Å². The molecule has 0 unspecified atom stereocenters. The molecule has 2 aliphatic heterocycles. The highest BCUT2D eigenvalue weighted by atomic mass is 16.7. The lowest BCUT2D eigenvalue weighted by Gasteiger charge is -2.20. The molecule has 3 rings (SSSR count). The lowest BCUT2D eigenvalue weighted by molar-refractivity contribution is -0.0251. The second-order valence-corrected chi connectivity index (χ2v) is 4.41. The van der Waals surface area contributed by atoms with Gasteiger partial charge in [-0.15, -0.1) is 0 Å². The average molecular weight is 216 g/mol. The molecule has 0 N–H and O–H groups in total. The molecule has 0 aromatic heterocycles. The Morgan fingerprint density at radius 1 is 1.12 bits per heavy atom. The second-order valence-electron chi connectivity index (χ2n) is 4.41. The molecule has 3 nitrogen and oxygen atoms in total. The lowest BCUT2D eigenvalue weighted by Crippen LogP contribution is -2.32. The van der Waals surface area contributed by atoms with Crippen LogP contribution in [0.25, 0.3) is 0 Å². The summed E-state index contributed by atoms with van der Waals surface area (Å²) in [5, 5.41) is 4.21. The Labute approximate surface area is 95.7 Å². The van der Waals surface area contributed by atoms with Crippen LogP contribution in [0.3, 0.4) is 0 Å². The Hall–Kier alpha value is -1.35. The van der Waals surface area contributed by atoms with E-state index >= 15 is 0 Å². The van der Waals surface area contributed by atoms with E-state index in [1.165, 1.54) is 18.4 Å². The molecule has 0 aliphatic carbocycles. The average Bonchev–Trinajstić information content (AvgIpc) is 3.01. The van der Waals surface area contributed by atoms with E-state index in [9.17, 15) is 0 Å². The van der Waals surface area contributed by atoms with Crippen LogP contribution < -0.4 is 0 Å². The van der Waals surface area contributed by atoms with E-state index in [1.807, 2.05) is 18.2 Å². The summed E-state index contributed by atoms with van der Waals surface area (Å²) < 4.78 is 0. The highest BCUT2D eigenvalue weighted by molar-refractivity contribution is 6.01. The van der Waals surface area contributed by atoms with Crippen molar-refractivity contribution in [1.29, 1.82) is 0 Å². The number of rotatable bonds is 2. The summed E-state index contributed by atoms with van der Waals surface area (Å²) in [4.78, 5) is 7.91.